The molecule has 1 heterocycles. The highest BCUT2D eigenvalue weighted by Crippen LogP contribution is 2.18. The van der Waals surface area contributed by atoms with Gasteiger partial charge in [0.2, 0.25) is 0 Å². The quantitative estimate of drug-likeness (QED) is 0.811. The first-order valence-electron chi connectivity index (χ1n) is 6.18. The molecular formula is C14H12N4O4. The van der Waals surface area contributed by atoms with Gasteiger partial charge >= 0.3 is 12.1 Å². The molecule has 1 amide bonds. The van der Waals surface area contributed by atoms with E-state index in [0.717, 1.165) is 0 Å². The van der Waals surface area contributed by atoms with Gasteiger partial charge in [-0.25, -0.2) is 14.6 Å². The van der Waals surface area contributed by atoms with E-state index in [1.807, 2.05) is 0 Å². The van der Waals surface area contributed by atoms with Crippen LogP contribution in [0.25, 0.3) is 11.3 Å². The molecule has 0 unspecified atom stereocenters. The number of nitrogens with zero attached hydrogens (tertiary/aromatic N) is 3. The van der Waals surface area contributed by atoms with Gasteiger partial charge in [-0.3, -0.25) is 5.32 Å². The summed E-state index contributed by atoms with van der Waals surface area (Å²) in [5.41, 5.74) is 1.03. The van der Waals surface area contributed by atoms with Gasteiger partial charge in [0.1, 0.15) is 6.61 Å². The van der Waals surface area contributed by atoms with Crippen LogP contribution in [-0.2, 0) is 4.74 Å². The molecule has 1 aromatic carbocycles. The second-order valence-electron chi connectivity index (χ2n) is 4.06. The first kappa shape index (κ1) is 15.1. The Hall–Kier alpha value is -3.29. The van der Waals surface area contributed by atoms with Gasteiger partial charge in [-0.05, 0) is 12.1 Å². The lowest BCUT2D eigenvalue weighted by Crippen LogP contribution is -2.16. The maximum atomic E-state index is 11.4. The summed E-state index contributed by atoms with van der Waals surface area (Å²) in [6.45, 7) is 3.47. The van der Waals surface area contributed by atoms with Crippen LogP contribution in [0.15, 0.2) is 43.1 Å². The van der Waals surface area contributed by atoms with Crippen LogP contribution in [0.5, 0.6) is 0 Å². The topological polar surface area (TPSA) is 114 Å². The third-order valence-electron chi connectivity index (χ3n) is 2.51. The number of carbonyl (C=O) groups is 2. The van der Waals surface area contributed by atoms with Gasteiger partial charge in [0.05, 0.1) is 17.5 Å². The molecule has 2 rings (SSSR count). The minimum atomic E-state index is -1.05. The van der Waals surface area contributed by atoms with Crippen molar-refractivity contribution >= 4 is 18.0 Å². The SMILES string of the molecule is C=CCOC(=O)Nc1nncc(-c2cccc(C(=O)O)c2)n1. The van der Waals surface area contributed by atoms with Crippen molar-refractivity contribution in [2.45, 2.75) is 0 Å². The van der Waals surface area contributed by atoms with E-state index < -0.39 is 12.1 Å². The summed E-state index contributed by atoms with van der Waals surface area (Å²) in [7, 11) is 0. The number of aromatic nitrogens is 3. The Morgan fingerprint density at radius 1 is 1.41 bits per heavy atom. The van der Waals surface area contributed by atoms with E-state index >= 15 is 0 Å². The Bertz CT molecular complexity index is 717. The molecule has 0 spiro atoms. The van der Waals surface area contributed by atoms with Crippen molar-refractivity contribution < 1.29 is 19.4 Å². The molecule has 0 atom stereocenters. The molecule has 0 fully saturated rings. The third-order valence-corrected chi connectivity index (χ3v) is 2.51. The Balaban J connectivity index is 2.21. The Morgan fingerprint density at radius 3 is 2.95 bits per heavy atom. The van der Waals surface area contributed by atoms with Crippen molar-refractivity contribution in [3.05, 3.63) is 48.7 Å². The summed E-state index contributed by atoms with van der Waals surface area (Å²) < 4.78 is 4.74. The van der Waals surface area contributed by atoms with Crippen LogP contribution in [0, 0.1) is 0 Å². The second-order valence-corrected chi connectivity index (χ2v) is 4.06. The number of nitrogens with one attached hydrogen (secondary N) is 1. The molecule has 2 N–H and O–H groups in total. The van der Waals surface area contributed by atoms with Crippen LogP contribution >= 0.6 is 0 Å². The lowest BCUT2D eigenvalue weighted by molar-refractivity contribution is 0.0697. The first-order chi connectivity index (χ1) is 10.6. The zero-order chi connectivity index (χ0) is 15.9. The standard InChI is InChI=1S/C14H12N4O4/c1-2-6-22-14(21)17-13-16-11(8-15-18-13)9-4-3-5-10(7-9)12(19)20/h2-5,7-8H,1,6H2,(H,19,20)(H,16,17,18,21). The van der Waals surface area contributed by atoms with Gasteiger partial charge in [0, 0.05) is 5.56 Å². The second kappa shape index (κ2) is 6.93. The third kappa shape index (κ3) is 3.85. The van der Waals surface area contributed by atoms with Crippen molar-refractivity contribution in [2.75, 3.05) is 11.9 Å². The summed E-state index contributed by atoms with van der Waals surface area (Å²) >= 11 is 0. The number of carboxylic acid groups (broad SMARTS) is 1. The average Bonchev–Trinajstić information content (AvgIpc) is 2.53. The van der Waals surface area contributed by atoms with Crippen molar-refractivity contribution in [1.29, 1.82) is 0 Å². The molecule has 0 aliphatic heterocycles. The van der Waals surface area contributed by atoms with Crippen molar-refractivity contribution in [1.82, 2.24) is 15.2 Å². The Morgan fingerprint density at radius 2 is 2.23 bits per heavy atom. The molecular weight excluding hydrogens is 288 g/mol. The minimum absolute atomic E-state index is 0.0488. The zero-order valence-corrected chi connectivity index (χ0v) is 11.4. The van der Waals surface area contributed by atoms with Crippen LogP contribution < -0.4 is 5.32 Å². The number of carbonyl (C=O) groups excluding carboxylic acids is 1. The van der Waals surface area contributed by atoms with Crippen LogP contribution in [0.4, 0.5) is 10.7 Å². The number of hydrogen-bond donors (Lipinski definition) is 2. The van der Waals surface area contributed by atoms with Gasteiger partial charge < -0.3 is 9.84 Å². The molecule has 8 heteroatoms. The van der Waals surface area contributed by atoms with E-state index in [-0.39, 0.29) is 18.1 Å². The Labute approximate surface area is 125 Å². The lowest BCUT2D eigenvalue weighted by atomic mass is 10.1. The van der Waals surface area contributed by atoms with E-state index in [0.29, 0.717) is 11.3 Å². The molecule has 0 saturated carbocycles. The number of amides is 1. The monoisotopic (exact) mass is 300 g/mol. The summed E-state index contributed by atoms with van der Waals surface area (Å²) in [5, 5.41) is 18.7. The van der Waals surface area contributed by atoms with Crippen LogP contribution in [0.2, 0.25) is 0 Å². The maximum absolute atomic E-state index is 11.4. The molecule has 2 aromatic rings. The summed E-state index contributed by atoms with van der Waals surface area (Å²) in [4.78, 5) is 26.5. The average molecular weight is 300 g/mol. The predicted octanol–water partition coefficient (Wildman–Crippen LogP) is 1.97. The van der Waals surface area contributed by atoms with Gasteiger partial charge in [0.15, 0.2) is 0 Å². The van der Waals surface area contributed by atoms with Gasteiger partial charge in [-0.15, -0.1) is 5.10 Å². The van der Waals surface area contributed by atoms with Gasteiger partial charge in [-0.1, -0.05) is 24.8 Å². The van der Waals surface area contributed by atoms with E-state index in [2.05, 4.69) is 27.1 Å². The summed E-state index contributed by atoms with van der Waals surface area (Å²) in [6, 6.07) is 6.18. The smallest absolute Gasteiger partial charge is 0.414 e. The van der Waals surface area contributed by atoms with Crippen LogP contribution in [0.3, 0.4) is 0 Å². The highest BCUT2D eigenvalue weighted by Gasteiger charge is 2.09. The maximum Gasteiger partial charge on any atom is 0.414 e. The van der Waals surface area contributed by atoms with E-state index in [9.17, 15) is 9.59 Å². The minimum Gasteiger partial charge on any atom is -0.478 e. The number of ether oxygens (including phenoxy) is 1. The predicted molar refractivity (Wildman–Crippen MR) is 77.4 cm³/mol. The van der Waals surface area contributed by atoms with Crippen molar-refractivity contribution in [3.63, 3.8) is 0 Å². The fourth-order valence-electron chi connectivity index (χ4n) is 1.57. The number of anilines is 1. The molecule has 112 valence electrons. The number of carboxylic acids is 1. The molecule has 1 aromatic heterocycles. The fraction of sp³-hybridized carbons (Fsp3) is 0.0714. The highest BCUT2D eigenvalue weighted by atomic mass is 16.5. The highest BCUT2D eigenvalue weighted by molar-refractivity contribution is 5.89. The molecule has 0 aliphatic rings. The Kier molecular flexibility index (Phi) is 4.76. The molecule has 0 aliphatic carbocycles. The molecule has 0 radical (unpaired) electrons. The first-order valence-corrected chi connectivity index (χ1v) is 6.18. The largest absolute Gasteiger partial charge is 0.478 e. The van der Waals surface area contributed by atoms with E-state index in [1.54, 1.807) is 12.1 Å². The van der Waals surface area contributed by atoms with Crippen molar-refractivity contribution in [3.8, 4) is 11.3 Å². The number of aromatic carboxylic acids is 1. The van der Waals surface area contributed by atoms with Crippen LogP contribution in [-0.4, -0.2) is 39.0 Å². The molecule has 0 bridgehead atoms. The van der Waals surface area contributed by atoms with E-state index in [4.69, 9.17) is 9.84 Å². The lowest BCUT2D eigenvalue weighted by Gasteiger charge is -2.05. The number of rotatable bonds is 5. The number of hydrogen-bond acceptors (Lipinski definition) is 6. The summed E-state index contributed by atoms with van der Waals surface area (Å²) in [6.07, 6.45) is 2.05. The molecule has 8 nitrogen and oxygen atoms in total. The van der Waals surface area contributed by atoms with Crippen LogP contribution in [0.1, 0.15) is 10.4 Å². The van der Waals surface area contributed by atoms with E-state index in [1.165, 1.54) is 24.4 Å². The zero-order valence-electron chi connectivity index (χ0n) is 11.4. The normalized spacial score (nSPS) is 9.82. The summed E-state index contributed by atoms with van der Waals surface area (Å²) in [5.74, 6) is -1.09. The fourth-order valence-corrected chi connectivity index (χ4v) is 1.57. The molecule has 0 saturated heterocycles. The molecule has 22 heavy (non-hydrogen) atoms. The van der Waals surface area contributed by atoms with Crippen molar-refractivity contribution in [2.24, 2.45) is 0 Å². The number of benzene rings is 1. The van der Waals surface area contributed by atoms with Gasteiger partial charge in [0.25, 0.3) is 5.95 Å². The van der Waals surface area contributed by atoms with Gasteiger partial charge in [-0.2, -0.15) is 5.10 Å².